The van der Waals surface area contributed by atoms with Crippen molar-refractivity contribution in [2.24, 2.45) is 0 Å². The number of nitrogens with zero attached hydrogens (tertiary/aromatic N) is 1. The van der Waals surface area contributed by atoms with E-state index in [1.807, 2.05) is 23.6 Å². The summed E-state index contributed by atoms with van der Waals surface area (Å²) in [7, 11) is 0. The fourth-order valence-corrected chi connectivity index (χ4v) is 4.78. The third-order valence-corrected chi connectivity index (χ3v) is 6.28. The molecule has 1 fully saturated rings. The summed E-state index contributed by atoms with van der Waals surface area (Å²) >= 11 is 3.26. The van der Waals surface area contributed by atoms with Crippen LogP contribution >= 0.6 is 22.7 Å². The number of nitrogens with one attached hydrogen (secondary N) is 1. The average Bonchev–Trinajstić information content (AvgIpc) is 3.26. The minimum absolute atomic E-state index is 0.0296. The second kappa shape index (κ2) is 5.89. The molecule has 0 spiro atoms. The summed E-state index contributed by atoms with van der Waals surface area (Å²) in [5.74, 6) is 0.0296. The molecule has 1 aliphatic carbocycles. The van der Waals surface area contributed by atoms with Gasteiger partial charge >= 0.3 is 0 Å². The zero-order valence-electron chi connectivity index (χ0n) is 12.2. The highest BCUT2D eigenvalue weighted by Crippen LogP contribution is 2.34. The van der Waals surface area contributed by atoms with Crippen molar-refractivity contribution in [2.45, 2.75) is 38.3 Å². The molecule has 3 nitrogen and oxygen atoms in total. The van der Waals surface area contributed by atoms with Crippen LogP contribution in [0.2, 0.25) is 0 Å². The molecule has 3 aromatic rings. The molecule has 0 saturated heterocycles. The van der Waals surface area contributed by atoms with E-state index < -0.39 is 0 Å². The van der Waals surface area contributed by atoms with Crippen LogP contribution in [0.1, 0.15) is 46.3 Å². The summed E-state index contributed by atoms with van der Waals surface area (Å²) in [6.07, 6.45) is 9.68. The van der Waals surface area contributed by atoms with E-state index in [2.05, 4.69) is 22.3 Å². The van der Waals surface area contributed by atoms with Crippen molar-refractivity contribution in [3.8, 4) is 0 Å². The molecule has 3 heterocycles. The Labute approximate surface area is 137 Å². The zero-order chi connectivity index (χ0) is 14.9. The highest BCUT2D eigenvalue weighted by molar-refractivity contribution is 7.20. The maximum atomic E-state index is 12.2. The van der Waals surface area contributed by atoms with E-state index >= 15 is 0 Å². The van der Waals surface area contributed by atoms with Crippen LogP contribution in [0.25, 0.3) is 10.1 Å². The lowest BCUT2D eigenvalue weighted by molar-refractivity contribution is 0.0955. The molecule has 3 aromatic heterocycles. The lowest BCUT2D eigenvalue weighted by atomic mass is 10.2. The highest BCUT2D eigenvalue weighted by atomic mass is 32.1. The Morgan fingerprint density at radius 2 is 2.18 bits per heavy atom. The summed E-state index contributed by atoms with van der Waals surface area (Å²) in [5.41, 5.74) is 0. The number of hydrogen-bond donors (Lipinski definition) is 1. The molecule has 0 unspecified atom stereocenters. The normalized spacial score (nSPS) is 15.6. The number of aromatic nitrogens is 1. The SMILES string of the molecule is O=C(NCc1cccs1)c1cc2cn(C3CCCC3)cc2s1. The Hall–Kier alpha value is -1.59. The Bertz CT molecular complexity index is 747. The molecule has 114 valence electrons. The van der Waals surface area contributed by atoms with E-state index in [0.29, 0.717) is 12.6 Å². The molecule has 4 rings (SSSR count). The van der Waals surface area contributed by atoms with Crippen LogP contribution < -0.4 is 5.32 Å². The molecule has 0 bridgehead atoms. The number of carbonyl (C=O) groups is 1. The first-order chi connectivity index (χ1) is 10.8. The van der Waals surface area contributed by atoms with Crippen molar-refractivity contribution in [2.75, 3.05) is 0 Å². The van der Waals surface area contributed by atoms with Gasteiger partial charge in [0.1, 0.15) is 0 Å². The Morgan fingerprint density at radius 1 is 1.32 bits per heavy atom. The van der Waals surface area contributed by atoms with Crippen LogP contribution in [-0.4, -0.2) is 10.5 Å². The smallest absolute Gasteiger partial charge is 0.261 e. The van der Waals surface area contributed by atoms with Crippen molar-refractivity contribution >= 4 is 38.7 Å². The van der Waals surface area contributed by atoms with E-state index in [1.165, 1.54) is 40.6 Å². The third-order valence-electron chi connectivity index (χ3n) is 4.32. The second-order valence-electron chi connectivity index (χ2n) is 5.84. The molecular weight excluding hydrogens is 312 g/mol. The Morgan fingerprint density at radius 3 is 2.91 bits per heavy atom. The maximum Gasteiger partial charge on any atom is 0.261 e. The lowest BCUT2D eigenvalue weighted by Crippen LogP contribution is -2.21. The van der Waals surface area contributed by atoms with Gasteiger partial charge in [0.2, 0.25) is 0 Å². The van der Waals surface area contributed by atoms with Crippen LogP contribution in [0.15, 0.2) is 36.0 Å². The van der Waals surface area contributed by atoms with Crippen LogP contribution in [0.4, 0.5) is 0 Å². The molecule has 1 amide bonds. The molecule has 5 heteroatoms. The van der Waals surface area contributed by atoms with E-state index in [-0.39, 0.29) is 5.91 Å². The van der Waals surface area contributed by atoms with E-state index in [4.69, 9.17) is 0 Å². The van der Waals surface area contributed by atoms with Crippen LogP contribution in [-0.2, 0) is 6.54 Å². The number of hydrogen-bond acceptors (Lipinski definition) is 3. The van der Waals surface area contributed by atoms with Gasteiger partial charge in [-0.3, -0.25) is 4.79 Å². The third kappa shape index (κ3) is 2.71. The fourth-order valence-electron chi connectivity index (χ4n) is 3.15. The van der Waals surface area contributed by atoms with Gasteiger partial charge in [0.25, 0.3) is 5.91 Å². The summed E-state index contributed by atoms with van der Waals surface area (Å²) in [4.78, 5) is 14.2. The molecule has 0 radical (unpaired) electrons. The minimum Gasteiger partial charge on any atom is -0.349 e. The molecular formula is C17H18N2OS2. The van der Waals surface area contributed by atoms with Gasteiger partial charge in [-0.15, -0.1) is 22.7 Å². The van der Waals surface area contributed by atoms with Gasteiger partial charge in [0.15, 0.2) is 0 Å². The number of fused-ring (bicyclic) bond motifs is 1. The van der Waals surface area contributed by atoms with Crippen molar-refractivity contribution in [1.29, 1.82) is 0 Å². The Kier molecular flexibility index (Phi) is 3.76. The zero-order valence-corrected chi connectivity index (χ0v) is 13.9. The van der Waals surface area contributed by atoms with Gasteiger partial charge in [-0.25, -0.2) is 0 Å². The summed E-state index contributed by atoms with van der Waals surface area (Å²) < 4.78 is 3.56. The highest BCUT2D eigenvalue weighted by Gasteiger charge is 2.18. The summed E-state index contributed by atoms with van der Waals surface area (Å²) in [6.45, 7) is 0.612. The standard InChI is InChI=1S/C17H18N2OS2/c20-17(18-9-14-6-3-7-21-14)15-8-12-10-19(11-16(12)22-15)13-4-1-2-5-13/h3,6-8,10-11,13H,1-2,4-5,9H2,(H,18,20). The van der Waals surface area contributed by atoms with E-state index in [1.54, 1.807) is 22.7 Å². The van der Waals surface area contributed by atoms with E-state index in [0.717, 1.165) is 4.88 Å². The molecule has 0 aliphatic heterocycles. The first kappa shape index (κ1) is 14.0. The summed E-state index contributed by atoms with van der Waals surface area (Å²) in [5, 5.41) is 6.22. The largest absolute Gasteiger partial charge is 0.349 e. The fraction of sp³-hybridized carbons (Fsp3) is 0.353. The maximum absolute atomic E-state index is 12.2. The van der Waals surface area contributed by atoms with Crippen LogP contribution in [0, 0.1) is 0 Å². The van der Waals surface area contributed by atoms with Gasteiger partial charge in [0.05, 0.1) is 16.1 Å². The van der Waals surface area contributed by atoms with Crippen molar-refractivity contribution in [3.05, 3.63) is 45.7 Å². The predicted molar refractivity (Wildman–Crippen MR) is 92.8 cm³/mol. The average molecular weight is 330 g/mol. The van der Waals surface area contributed by atoms with Gasteiger partial charge in [-0.1, -0.05) is 18.9 Å². The number of thiophene rings is 2. The quantitative estimate of drug-likeness (QED) is 0.732. The predicted octanol–water partition coefficient (Wildman–Crippen LogP) is 4.81. The van der Waals surface area contributed by atoms with Crippen molar-refractivity contribution < 1.29 is 4.79 Å². The number of rotatable bonds is 4. The van der Waals surface area contributed by atoms with Gasteiger partial charge in [-0.2, -0.15) is 0 Å². The van der Waals surface area contributed by atoms with Gasteiger partial charge in [0, 0.05) is 28.7 Å². The molecule has 1 aliphatic rings. The molecule has 0 aromatic carbocycles. The van der Waals surface area contributed by atoms with E-state index in [9.17, 15) is 4.79 Å². The van der Waals surface area contributed by atoms with Crippen LogP contribution in [0.5, 0.6) is 0 Å². The molecule has 1 saturated carbocycles. The Balaban J connectivity index is 1.47. The first-order valence-corrected chi connectivity index (χ1v) is 9.41. The topological polar surface area (TPSA) is 34.0 Å². The number of carbonyl (C=O) groups excluding carboxylic acids is 1. The van der Waals surface area contributed by atoms with Crippen molar-refractivity contribution in [3.63, 3.8) is 0 Å². The minimum atomic E-state index is 0.0296. The van der Waals surface area contributed by atoms with Crippen LogP contribution in [0.3, 0.4) is 0 Å². The molecule has 22 heavy (non-hydrogen) atoms. The molecule has 1 N–H and O–H groups in total. The van der Waals surface area contributed by atoms with Gasteiger partial charge in [-0.05, 0) is 30.4 Å². The summed E-state index contributed by atoms with van der Waals surface area (Å²) in [6, 6.07) is 6.74. The first-order valence-electron chi connectivity index (χ1n) is 7.71. The second-order valence-corrected chi connectivity index (χ2v) is 7.95. The van der Waals surface area contributed by atoms with Crippen molar-refractivity contribution in [1.82, 2.24) is 9.88 Å². The molecule has 0 atom stereocenters. The monoisotopic (exact) mass is 330 g/mol. The number of amides is 1. The van der Waals surface area contributed by atoms with Gasteiger partial charge < -0.3 is 9.88 Å². The lowest BCUT2D eigenvalue weighted by Gasteiger charge is -2.10.